The van der Waals surface area contributed by atoms with Gasteiger partial charge < -0.3 is 9.64 Å². The number of anilines is 1. The lowest BCUT2D eigenvalue weighted by atomic mass is 9.96. The van der Waals surface area contributed by atoms with E-state index in [0.717, 1.165) is 13.1 Å². The highest BCUT2D eigenvalue weighted by Gasteiger charge is 2.31. The summed E-state index contributed by atoms with van der Waals surface area (Å²) in [6.45, 7) is 2.82. The van der Waals surface area contributed by atoms with Gasteiger partial charge in [-0.25, -0.2) is 0 Å². The molecule has 2 aliphatic heterocycles. The van der Waals surface area contributed by atoms with E-state index in [1.165, 1.54) is 11.1 Å². The molecule has 0 radical (unpaired) electrons. The molecule has 0 aliphatic carbocycles. The van der Waals surface area contributed by atoms with E-state index >= 15 is 0 Å². The Morgan fingerprint density at radius 2 is 1.36 bits per heavy atom. The maximum Gasteiger partial charge on any atom is 0.265 e. The van der Waals surface area contributed by atoms with Crippen LogP contribution in [0.3, 0.4) is 0 Å². The number of carbonyl (C=O) groups excluding carboxylic acids is 2. The monoisotopic (exact) mass is 441 g/mol. The van der Waals surface area contributed by atoms with Gasteiger partial charge in [0.1, 0.15) is 12.3 Å². The molecule has 6 heteroatoms. The van der Waals surface area contributed by atoms with E-state index in [0.29, 0.717) is 24.5 Å². The van der Waals surface area contributed by atoms with Crippen LogP contribution in [0.5, 0.6) is 5.75 Å². The summed E-state index contributed by atoms with van der Waals surface area (Å²) in [5.41, 5.74) is 3.16. The Morgan fingerprint density at radius 3 is 2.00 bits per heavy atom. The number of hydrogen-bond acceptors (Lipinski definition) is 4. The van der Waals surface area contributed by atoms with Crippen molar-refractivity contribution in [2.45, 2.75) is 6.04 Å². The molecule has 0 atom stereocenters. The first-order valence-corrected chi connectivity index (χ1v) is 11.3. The van der Waals surface area contributed by atoms with Crippen molar-refractivity contribution >= 4 is 17.5 Å². The van der Waals surface area contributed by atoms with E-state index in [-0.39, 0.29) is 31.0 Å². The number of benzene rings is 3. The molecule has 0 aromatic heterocycles. The molecule has 2 amide bonds. The van der Waals surface area contributed by atoms with Crippen LogP contribution in [0, 0.1) is 0 Å². The van der Waals surface area contributed by atoms with Crippen LogP contribution in [0.1, 0.15) is 17.2 Å². The van der Waals surface area contributed by atoms with Gasteiger partial charge >= 0.3 is 0 Å². The SMILES string of the molecule is O=C(CN1C(=O)COc2ccccc21)N1CCN(C(c2ccccc2)c2ccccc2)CC1. The number of nitrogens with zero attached hydrogens (tertiary/aromatic N) is 3. The molecule has 2 aliphatic rings. The third-order valence-corrected chi connectivity index (χ3v) is 6.36. The molecular weight excluding hydrogens is 414 g/mol. The van der Waals surface area contributed by atoms with Crippen molar-refractivity contribution < 1.29 is 14.3 Å². The Balaban J connectivity index is 1.28. The topological polar surface area (TPSA) is 53.1 Å². The molecule has 1 fully saturated rings. The van der Waals surface area contributed by atoms with Gasteiger partial charge in [-0.1, -0.05) is 72.8 Å². The van der Waals surface area contributed by atoms with Crippen LogP contribution in [-0.4, -0.2) is 60.9 Å². The average molecular weight is 442 g/mol. The van der Waals surface area contributed by atoms with Crippen molar-refractivity contribution in [1.82, 2.24) is 9.80 Å². The molecule has 1 saturated heterocycles. The standard InChI is InChI=1S/C27H27N3O3/c31-25(19-30-23-13-7-8-14-24(23)33-20-26(30)32)28-15-17-29(18-16-28)27(21-9-3-1-4-10-21)22-11-5-2-6-12-22/h1-14,27H,15-20H2. The Morgan fingerprint density at radius 1 is 0.788 bits per heavy atom. The Labute approximate surface area is 194 Å². The van der Waals surface area contributed by atoms with Crippen molar-refractivity contribution in [2.75, 3.05) is 44.2 Å². The van der Waals surface area contributed by atoms with Gasteiger partial charge in [-0.15, -0.1) is 0 Å². The Kier molecular flexibility index (Phi) is 6.09. The number of carbonyl (C=O) groups is 2. The molecule has 5 rings (SSSR count). The number of amides is 2. The maximum absolute atomic E-state index is 13.1. The van der Waals surface area contributed by atoms with E-state index in [9.17, 15) is 9.59 Å². The lowest BCUT2D eigenvalue weighted by Gasteiger charge is -2.40. The van der Waals surface area contributed by atoms with E-state index < -0.39 is 0 Å². The summed E-state index contributed by atoms with van der Waals surface area (Å²) < 4.78 is 5.49. The second kappa shape index (κ2) is 9.46. The number of ether oxygens (including phenoxy) is 1. The number of para-hydroxylation sites is 2. The molecule has 33 heavy (non-hydrogen) atoms. The highest BCUT2D eigenvalue weighted by Crippen LogP contribution is 2.32. The second-order valence-electron chi connectivity index (χ2n) is 8.38. The number of fused-ring (bicyclic) bond motifs is 1. The van der Waals surface area contributed by atoms with Gasteiger partial charge in [-0.05, 0) is 23.3 Å². The second-order valence-corrected chi connectivity index (χ2v) is 8.38. The lowest BCUT2D eigenvalue weighted by molar-refractivity contribution is -0.133. The molecule has 0 N–H and O–H groups in total. The number of hydrogen-bond donors (Lipinski definition) is 0. The fourth-order valence-electron chi connectivity index (χ4n) is 4.68. The molecule has 3 aromatic rings. The van der Waals surface area contributed by atoms with Crippen molar-refractivity contribution in [3.63, 3.8) is 0 Å². The zero-order valence-electron chi connectivity index (χ0n) is 18.5. The van der Waals surface area contributed by atoms with Crippen LogP contribution >= 0.6 is 0 Å². The van der Waals surface area contributed by atoms with Crippen molar-refractivity contribution in [3.05, 3.63) is 96.1 Å². The predicted molar refractivity (Wildman–Crippen MR) is 127 cm³/mol. The first kappa shape index (κ1) is 21.2. The van der Waals surface area contributed by atoms with Crippen molar-refractivity contribution in [2.24, 2.45) is 0 Å². The molecule has 6 nitrogen and oxygen atoms in total. The molecule has 2 heterocycles. The molecule has 0 bridgehead atoms. The molecule has 0 saturated carbocycles. The molecule has 0 spiro atoms. The predicted octanol–water partition coefficient (Wildman–Crippen LogP) is 3.35. The molecule has 3 aromatic carbocycles. The zero-order chi connectivity index (χ0) is 22.6. The van der Waals surface area contributed by atoms with Gasteiger partial charge in [0.25, 0.3) is 5.91 Å². The minimum atomic E-state index is -0.186. The first-order chi connectivity index (χ1) is 16.2. The summed E-state index contributed by atoms with van der Waals surface area (Å²) in [6.07, 6.45) is 0. The van der Waals surface area contributed by atoms with Crippen LogP contribution in [-0.2, 0) is 9.59 Å². The van der Waals surface area contributed by atoms with Crippen LogP contribution in [0.2, 0.25) is 0 Å². The van der Waals surface area contributed by atoms with Gasteiger partial charge in [0, 0.05) is 26.2 Å². The summed E-state index contributed by atoms with van der Waals surface area (Å²) in [4.78, 5) is 31.4. The van der Waals surface area contributed by atoms with Crippen LogP contribution < -0.4 is 9.64 Å². The fraction of sp³-hybridized carbons (Fsp3) is 0.259. The quantitative estimate of drug-likeness (QED) is 0.610. The summed E-state index contributed by atoms with van der Waals surface area (Å²) in [5, 5.41) is 0. The van der Waals surface area contributed by atoms with E-state index in [1.807, 2.05) is 41.3 Å². The first-order valence-electron chi connectivity index (χ1n) is 11.3. The minimum absolute atomic E-state index is 0.0318. The molecular formula is C27H27N3O3. The van der Waals surface area contributed by atoms with Crippen LogP contribution in [0.15, 0.2) is 84.9 Å². The summed E-state index contributed by atoms with van der Waals surface area (Å²) in [6, 6.07) is 28.5. The lowest BCUT2D eigenvalue weighted by Crippen LogP contribution is -2.53. The Bertz CT molecular complexity index is 1070. The van der Waals surface area contributed by atoms with Crippen molar-refractivity contribution in [3.8, 4) is 5.75 Å². The maximum atomic E-state index is 13.1. The van der Waals surface area contributed by atoms with Gasteiger partial charge in [0.2, 0.25) is 5.91 Å². The van der Waals surface area contributed by atoms with Crippen molar-refractivity contribution in [1.29, 1.82) is 0 Å². The summed E-state index contributed by atoms with van der Waals surface area (Å²) >= 11 is 0. The Hall–Kier alpha value is -3.64. The zero-order valence-corrected chi connectivity index (χ0v) is 18.5. The molecule has 168 valence electrons. The van der Waals surface area contributed by atoms with Crippen LogP contribution in [0.4, 0.5) is 5.69 Å². The fourth-order valence-corrected chi connectivity index (χ4v) is 4.68. The van der Waals surface area contributed by atoms with Gasteiger partial charge in [-0.3, -0.25) is 19.4 Å². The third kappa shape index (κ3) is 4.47. The van der Waals surface area contributed by atoms with E-state index in [4.69, 9.17) is 4.74 Å². The van der Waals surface area contributed by atoms with Gasteiger partial charge in [0.15, 0.2) is 6.61 Å². The third-order valence-electron chi connectivity index (χ3n) is 6.36. The summed E-state index contributed by atoms with van der Waals surface area (Å²) in [7, 11) is 0. The van der Waals surface area contributed by atoms with Gasteiger partial charge in [0.05, 0.1) is 11.7 Å². The van der Waals surface area contributed by atoms with E-state index in [2.05, 4.69) is 53.4 Å². The van der Waals surface area contributed by atoms with Crippen LogP contribution in [0.25, 0.3) is 0 Å². The smallest absolute Gasteiger partial charge is 0.265 e. The highest BCUT2D eigenvalue weighted by atomic mass is 16.5. The highest BCUT2D eigenvalue weighted by molar-refractivity contribution is 6.02. The largest absolute Gasteiger partial charge is 0.482 e. The number of rotatable bonds is 5. The average Bonchev–Trinajstić information content (AvgIpc) is 2.87. The van der Waals surface area contributed by atoms with E-state index in [1.54, 1.807) is 4.90 Å². The molecule has 0 unspecified atom stereocenters. The normalized spacial score (nSPS) is 16.5. The summed E-state index contributed by atoms with van der Waals surface area (Å²) in [5.74, 6) is 0.424. The minimum Gasteiger partial charge on any atom is -0.482 e. The van der Waals surface area contributed by atoms with Gasteiger partial charge in [-0.2, -0.15) is 0 Å². The number of piperazine rings is 1.